The Morgan fingerprint density at radius 3 is 2.55 bits per heavy atom. The number of aliphatic hydroxyl groups is 1. The Balaban J connectivity index is 1.91. The lowest BCUT2D eigenvalue weighted by molar-refractivity contribution is 0.0477. The van der Waals surface area contributed by atoms with Crippen LogP contribution in [0.5, 0.6) is 0 Å². The van der Waals surface area contributed by atoms with E-state index in [1.807, 2.05) is 30.3 Å². The van der Waals surface area contributed by atoms with Crippen molar-refractivity contribution in [2.75, 3.05) is 26.2 Å². The van der Waals surface area contributed by atoms with Gasteiger partial charge in [-0.15, -0.1) is 0 Å². The summed E-state index contributed by atoms with van der Waals surface area (Å²) in [6.45, 7) is 7.49. The molecule has 2 atom stereocenters. The SMILES string of the molecule is CC(C)[C@H]1COC([C@](O)(CN2CCCC2)c2ccccc2)=N1. The Morgan fingerprint density at radius 2 is 1.95 bits per heavy atom. The second-order valence-electron chi connectivity index (χ2n) is 6.77. The first-order valence-corrected chi connectivity index (χ1v) is 8.31. The number of hydrogen-bond donors (Lipinski definition) is 1. The summed E-state index contributed by atoms with van der Waals surface area (Å²) in [5.41, 5.74) is -0.278. The molecule has 1 fully saturated rings. The maximum absolute atomic E-state index is 11.4. The van der Waals surface area contributed by atoms with Gasteiger partial charge in [-0.1, -0.05) is 44.2 Å². The number of β-amino-alcohol motifs (C(OH)–C–C–N with tert-alkyl or cyclic N) is 1. The fourth-order valence-electron chi connectivity index (χ4n) is 3.22. The molecular formula is C18H26N2O2. The summed E-state index contributed by atoms with van der Waals surface area (Å²) in [5.74, 6) is 0.911. The van der Waals surface area contributed by atoms with Crippen molar-refractivity contribution in [3.63, 3.8) is 0 Å². The molecule has 0 spiro atoms. The standard InChI is InChI=1S/C18H26N2O2/c1-14(2)16-12-22-17(19-16)18(21,13-20-10-6-7-11-20)15-8-4-3-5-9-15/h3-5,8-9,14,16,21H,6-7,10-13H2,1-2H3/t16-,18+/m1/s1. The van der Waals surface area contributed by atoms with Gasteiger partial charge in [-0.05, 0) is 37.4 Å². The van der Waals surface area contributed by atoms with Gasteiger partial charge in [0, 0.05) is 6.54 Å². The van der Waals surface area contributed by atoms with Crippen molar-refractivity contribution in [2.24, 2.45) is 10.9 Å². The molecule has 0 aromatic heterocycles. The fourth-order valence-corrected chi connectivity index (χ4v) is 3.22. The molecule has 0 aliphatic carbocycles. The van der Waals surface area contributed by atoms with Crippen LogP contribution in [-0.4, -0.2) is 48.2 Å². The van der Waals surface area contributed by atoms with Gasteiger partial charge in [0.15, 0.2) is 5.60 Å². The van der Waals surface area contributed by atoms with Gasteiger partial charge in [-0.2, -0.15) is 0 Å². The molecule has 0 amide bonds. The van der Waals surface area contributed by atoms with Crippen LogP contribution in [0.2, 0.25) is 0 Å². The van der Waals surface area contributed by atoms with Crippen LogP contribution in [0, 0.1) is 5.92 Å². The summed E-state index contributed by atoms with van der Waals surface area (Å²) >= 11 is 0. The molecule has 2 aliphatic rings. The zero-order valence-corrected chi connectivity index (χ0v) is 13.5. The highest BCUT2D eigenvalue weighted by Gasteiger charge is 2.42. The van der Waals surface area contributed by atoms with Crippen molar-refractivity contribution < 1.29 is 9.84 Å². The zero-order chi connectivity index (χ0) is 15.6. The minimum atomic E-state index is -1.14. The number of ether oxygens (including phenoxy) is 1. The van der Waals surface area contributed by atoms with Gasteiger partial charge in [0.1, 0.15) is 6.61 Å². The summed E-state index contributed by atoms with van der Waals surface area (Å²) in [7, 11) is 0. The van der Waals surface area contributed by atoms with Gasteiger partial charge in [0.25, 0.3) is 0 Å². The Kier molecular flexibility index (Phi) is 4.50. The van der Waals surface area contributed by atoms with Gasteiger partial charge < -0.3 is 9.84 Å². The molecule has 120 valence electrons. The van der Waals surface area contributed by atoms with Crippen LogP contribution in [0.4, 0.5) is 0 Å². The topological polar surface area (TPSA) is 45.1 Å². The number of rotatable bonds is 5. The largest absolute Gasteiger partial charge is 0.476 e. The Hall–Kier alpha value is -1.39. The van der Waals surface area contributed by atoms with E-state index >= 15 is 0 Å². The first kappa shape index (κ1) is 15.5. The van der Waals surface area contributed by atoms with Gasteiger partial charge in [-0.3, -0.25) is 4.90 Å². The van der Waals surface area contributed by atoms with E-state index in [-0.39, 0.29) is 6.04 Å². The van der Waals surface area contributed by atoms with Crippen molar-refractivity contribution in [3.05, 3.63) is 35.9 Å². The lowest BCUT2D eigenvalue weighted by Crippen LogP contribution is -2.46. The van der Waals surface area contributed by atoms with E-state index in [0.717, 1.165) is 18.7 Å². The van der Waals surface area contributed by atoms with E-state index in [0.29, 0.717) is 25.0 Å². The Labute approximate surface area is 132 Å². The fraction of sp³-hybridized carbons (Fsp3) is 0.611. The highest BCUT2D eigenvalue weighted by Crippen LogP contribution is 2.30. The average Bonchev–Trinajstić information content (AvgIpc) is 3.19. The molecule has 1 aromatic carbocycles. The molecule has 0 bridgehead atoms. The maximum Gasteiger partial charge on any atom is 0.222 e. The maximum atomic E-state index is 11.4. The van der Waals surface area contributed by atoms with E-state index in [1.54, 1.807) is 0 Å². The summed E-state index contributed by atoms with van der Waals surface area (Å²) < 4.78 is 5.83. The lowest BCUT2D eigenvalue weighted by Gasteiger charge is -2.32. The third kappa shape index (κ3) is 3.03. The first-order chi connectivity index (χ1) is 10.6. The van der Waals surface area contributed by atoms with Crippen molar-refractivity contribution in [1.82, 2.24) is 4.90 Å². The van der Waals surface area contributed by atoms with Crippen LogP contribution in [-0.2, 0) is 10.3 Å². The van der Waals surface area contributed by atoms with Crippen molar-refractivity contribution >= 4 is 5.90 Å². The van der Waals surface area contributed by atoms with Gasteiger partial charge >= 0.3 is 0 Å². The number of aliphatic imine (C=N–C) groups is 1. The van der Waals surface area contributed by atoms with Crippen LogP contribution < -0.4 is 0 Å². The highest BCUT2D eigenvalue weighted by molar-refractivity contribution is 5.88. The first-order valence-electron chi connectivity index (χ1n) is 8.31. The van der Waals surface area contributed by atoms with Crippen LogP contribution in [0.25, 0.3) is 0 Å². The molecule has 2 aliphatic heterocycles. The van der Waals surface area contributed by atoms with Crippen LogP contribution in [0.15, 0.2) is 35.3 Å². The Bertz CT molecular complexity index is 523. The van der Waals surface area contributed by atoms with E-state index < -0.39 is 5.60 Å². The minimum absolute atomic E-state index is 0.142. The molecular weight excluding hydrogens is 276 g/mol. The van der Waals surface area contributed by atoms with Gasteiger partial charge in [-0.25, -0.2) is 4.99 Å². The lowest BCUT2D eigenvalue weighted by atomic mass is 9.92. The molecule has 4 heteroatoms. The van der Waals surface area contributed by atoms with Gasteiger partial charge in [0.2, 0.25) is 5.90 Å². The molecule has 0 saturated carbocycles. The number of likely N-dealkylation sites (tertiary alicyclic amines) is 1. The average molecular weight is 302 g/mol. The molecule has 1 N–H and O–H groups in total. The zero-order valence-electron chi connectivity index (χ0n) is 13.5. The van der Waals surface area contributed by atoms with Gasteiger partial charge in [0.05, 0.1) is 6.04 Å². The van der Waals surface area contributed by atoms with Crippen LogP contribution >= 0.6 is 0 Å². The third-order valence-electron chi connectivity index (χ3n) is 4.70. The molecule has 1 aromatic rings. The van der Waals surface area contributed by atoms with Crippen molar-refractivity contribution in [3.8, 4) is 0 Å². The van der Waals surface area contributed by atoms with E-state index in [1.165, 1.54) is 12.8 Å². The Morgan fingerprint density at radius 1 is 1.27 bits per heavy atom. The predicted molar refractivity (Wildman–Crippen MR) is 88.0 cm³/mol. The summed E-state index contributed by atoms with van der Waals surface area (Å²) in [6, 6.07) is 9.95. The molecule has 0 radical (unpaired) electrons. The van der Waals surface area contributed by atoms with Crippen LogP contribution in [0.3, 0.4) is 0 Å². The van der Waals surface area contributed by atoms with E-state index in [9.17, 15) is 5.11 Å². The normalized spacial score (nSPS) is 25.1. The molecule has 4 nitrogen and oxygen atoms in total. The minimum Gasteiger partial charge on any atom is -0.476 e. The molecule has 22 heavy (non-hydrogen) atoms. The molecule has 0 unspecified atom stereocenters. The number of nitrogens with zero attached hydrogens (tertiary/aromatic N) is 2. The molecule has 1 saturated heterocycles. The van der Waals surface area contributed by atoms with Crippen molar-refractivity contribution in [2.45, 2.75) is 38.3 Å². The second-order valence-corrected chi connectivity index (χ2v) is 6.77. The van der Waals surface area contributed by atoms with Crippen LogP contribution in [0.1, 0.15) is 32.3 Å². The van der Waals surface area contributed by atoms with E-state index in [2.05, 4.69) is 18.7 Å². The quantitative estimate of drug-likeness (QED) is 0.908. The van der Waals surface area contributed by atoms with Crippen molar-refractivity contribution in [1.29, 1.82) is 0 Å². The third-order valence-corrected chi connectivity index (χ3v) is 4.70. The predicted octanol–water partition coefficient (Wildman–Crippen LogP) is 2.42. The molecule has 2 heterocycles. The molecule has 3 rings (SSSR count). The highest BCUT2D eigenvalue weighted by atomic mass is 16.5. The summed E-state index contributed by atoms with van der Waals surface area (Å²) in [6.07, 6.45) is 2.40. The monoisotopic (exact) mass is 302 g/mol. The summed E-state index contributed by atoms with van der Waals surface area (Å²) in [4.78, 5) is 7.00. The smallest absolute Gasteiger partial charge is 0.222 e. The number of hydrogen-bond acceptors (Lipinski definition) is 4. The summed E-state index contributed by atoms with van der Waals surface area (Å²) in [5, 5.41) is 11.4. The number of benzene rings is 1. The second kappa shape index (κ2) is 6.39. The van der Waals surface area contributed by atoms with E-state index in [4.69, 9.17) is 9.73 Å².